The average Bonchev–Trinajstić information content (AvgIpc) is 2.26. The molecule has 0 aromatic carbocycles. The fraction of sp³-hybridized carbons (Fsp3) is 0.333. The van der Waals surface area contributed by atoms with Gasteiger partial charge in [-0.15, -0.1) is 11.6 Å². The van der Waals surface area contributed by atoms with Crippen LogP contribution in [0.1, 0.15) is 28.0 Å². The van der Waals surface area contributed by atoms with Crippen molar-refractivity contribution in [2.75, 3.05) is 12.8 Å². The highest BCUT2D eigenvalue weighted by atomic mass is 35.5. The van der Waals surface area contributed by atoms with Gasteiger partial charge in [-0.3, -0.25) is 4.98 Å². The van der Waals surface area contributed by atoms with Crippen LogP contribution in [-0.2, 0) is 10.6 Å². The number of carbonyl (C=O) groups excluding carboxylic acids is 1. The summed E-state index contributed by atoms with van der Waals surface area (Å²) in [6, 6.07) is 0. The summed E-state index contributed by atoms with van der Waals surface area (Å²) >= 11 is 5.45. The van der Waals surface area contributed by atoms with Crippen LogP contribution < -0.4 is 5.73 Å². The number of pyridine rings is 1. The predicted octanol–water partition coefficient (Wildman–Crippen LogP) is 2.13. The summed E-state index contributed by atoms with van der Waals surface area (Å²) < 4.78 is 29.8. The molecule has 0 saturated heterocycles. The van der Waals surface area contributed by atoms with Gasteiger partial charge in [-0.05, 0) is 0 Å². The lowest BCUT2D eigenvalue weighted by Crippen LogP contribution is -2.11. The molecule has 0 bridgehead atoms. The highest BCUT2D eigenvalue weighted by Gasteiger charge is 2.23. The molecule has 0 amide bonds. The van der Waals surface area contributed by atoms with Crippen molar-refractivity contribution in [2.24, 2.45) is 0 Å². The number of rotatable bonds is 3. The quantitative estimate of drug-likeness (QED) is 0.659. The Labute approximate surface area is 95.4 Å². The SMILES string of the molecule is COC(=O)c1cnc(CCl)c(C(F)F)c1N. The molecule has 0 unspecified atom stereocenters. The number of nitrogen functional groups attached to an aromatic ring is 1. The average molecular weight is 251 g/mol. The molecule has 0 aliphatic rings. The van der Waals surface area contributed by atoms with Crippen LogP contribution in [0.25, 0.3) is 0 Å². The molecule has 1 aromatic heterocycles. The number of aromatic nitrogens is 1. The van der Waals surface area contributed by atoms with E-state index in [1.807, 2.05) is 0 Å². The van der Waals surface area contributed by atoms with E-state index in [1.54, 1.807) is 0 Å². The Bertz CT molecular complexity index is 413. The predicted molar refractivity (Wildman–Crippen MR) is 54.5 cm³/mol. The zero-order valence-corrected chi connectivity index (χ0v) is 9.09. The normalized spacial score (nSPS) is 10.6. The minimum Gasteiger partial charge on any atom is -0.465 e. The summed E-state index contributed by atoms with van der Waals surface area (Å²) in [6.45, 7) is 0. The number of alkyl halides is 3. The van der Waals surface area contributed by atoms with E-state index < -0.39 is 18.0 Å². The van der Waals surface area contributed by atoms with Crippen molar-refractivity contribution in [3.05, 3.63) is 23.0 Å². The van der Waals surface area contributed by atoms with Crippen molar-refractivity contribution in [1.29, 1.82) is 0 Å². The van der Waals surface area contributed by atoms with Crippen molar-refractivity contribution in [2.45, 2.75) is 12.3 Å². The number of hydrogen-bond donors (Lipinski definition) is 1. The highest BCUT2D eigenvalue weighted by Crippen LogP contribution is 2.31. The van der Waals surface area contributed by atoms with Crippen molar-refractivity contribution in [3.63, 3.8) is 0 Å². The maximum atomic E-state index is 12.7. The first-order chi connectivity index (χ1) is 7.52. The Balaban J connectivity index is 3.37. The Kier molecular flexibility index (Phi) is 4.00. The van der Waals surface area contributed by atoms with Gasteiger partial charge in [0.05, 0.1) is 29.9 Å². The van der Waals surface area contributed by atoms with Crippen LogP contribution in [0.15, 0.2) is 6.20 Å². The van der Waals surface area contributed by atoms with Gasteiger partial charge < -0.3 is 10.5 Å². The van der Waals surface area contributed by atoms with Gasteiger partial charge in [0.15, 0.2) is 0 Å². The molecule has 1 heterocycles. The maximum Gasteiger partial charge on any atom is 0.341 e. The lowest BCUT2D eigenvalue weighted by atomic mass is 10.1. The van der Waals surface area contributed by atoms with Crippen LogP contribution >= 0.6 is 11.6 Å². The molecule has 2 N–H and O–H groups in total. The Morgan fingerprint density at radius 2 is 2.31 bits per heavy atom. The molecule has 0 atom stereocenters. The van der Waals surface area contributed by atoms with Crippen LogP contribution in [0, 0.1) is 0 Å². The number of methoxy groups -OCH3 is 1. The molecule has 0 spiro atoms. The third-order valence-corrected chi connectivity index (χ3v) is 2.24. The van der Waals surface area contributed by atoms with E-state index in [0.29, 0.717) is 0 Å². The second-order valence-corrected chi connectivity index (χ2v) is 3.14. The molecule has 0 radical (unpaired) electrons. The van der Waals surface area contributed by atoms with E-state index in [9.17, 15) is 13.6 Å². The minimum atomic E-state index is -2.84. The third-order valence-electron chi connectivity index (χ3n) is 1.99. The van der Waals surface area contributed by atoms with Gasteiger partial charge in [-0.1, -0.05) is 0 Å². The largest absolute Gasteiger partial charge is 0.465 e. The second-order valence-electron chi connectivity index (χ2n) is 2.87. The number of halogens is 3. The van der Waals surface area contributed by atoms with Gasteiger partial charge in [0, 0.05) is 6.20 Å². The first-order valence-corrected chi connectivity index (χ1v) is 4.76. The lowest BCUT2D eigenvalue weighted by molar-refractivity contribution is 0.0601. The van der Waals surface area contributed by atoms with Crippen LogP contribution in [0.4, 0.5) is 14.5 Å². The maximum absolute atomic E-state index is 12.7. The Morgan fingerprint density at radius 3 is 2.75 bits per heavy atom. The number of carbonyl (C=O) groups is 1. The van der Waals surface area contributed by atoms with E-state index in [2.05, 4.69) is 9.72 Å². The fourth-order valence-electron chi connectivity index (χ4n) is 1.20. The number of nitrogens with zero attached hydrogens (tertiary/aromatic N) is 1. The van der Waals surface area contributed by atoms with Gasteiger partial charge >= 0.3 is 5.97 Å². The monoisotopic (exact) mass is 250 g/mol. The number of ether oxygens (including phenoxy) is 1. The Morgan fingerprint density at radius 1 is 1.69 bits per heavy atom. The molecule has 0 aliphatic heterocycles. The molecular weight excluding hydrogens is 242 g/mol. The van der Waals surface area contributed by atoms with Gasteiger partial charge in [0.1, 0.15) is 5.56 Å². The van der Waals surface area contributed by atoms with Crippen LogP contribution in [-0.4, -0.2) is 18.1 Å². The van der Waals surface area contributed by atoms with Crippen LogP contribution in [0.5, 0.6) is 0 Å². The summed E-state index contributed by atoms with van der Waals surface area (Å²) in [5.74, 6) is -1.02. The summed E-state index contributed by atoms with van der Waals surface area (Å²) in [4.78, 5) is 14.8. The number of hydrogen-bond acceptors (Lipinski definition) is 4. The molecule has 0 saturated carbocycles. The van der Waals surface area contributed by atoms with Crippen molar-refractivity contribution in [3.8, 4) is 0 Å². The minimum absolute atomic E-state index is 0.0400. The van der Waals surface area contributed by atoms with Gasteiger partial charge in [-0.2, -0.15) is 0 Å². The fourth-order valence-corrected chi connectivity index (χ4v) is 1.42. The summed E-state index contributed by atoms with van der Waals surface area (Å²) in [5.41, 5.74) is 4.37. The van der Waals surface area contributed by atoms with Crippen molar-refractivity contribution in [1.82, 2.24) is 4.98 Å². The molecule has 1 aromatic rings. The van der Waals surface area contributed by atoms with Crippen molar-refractivity contribution < 1.29 is 18.3 Å². The zero-order chi connectivity index (χ0) is 12.3. The zero-order valence-electron chi connectivity index (χ0n) is 8.34. The number of nitrogens with two attached hydrogens (primary N) is 1. The summed E-state index contributed by atoms with van der Waals surface area (Å²) in [7, 11) is 1.12. The van der Waals surface area contributed by atoms with Gasteiger partial charge in [0.2, 0.25) is 0 Å². The summed E-state index contributed by atoms with van der Waals surface area (Å²) in [6.07, 6.45) is -1.77. The van der Waals surface area contributed by atoms with E-state index in [-0.39, 0.29) is 22.8 Å². The first-order valence-electron chi connectivity index (χ1n) is 4.22. The van der Waals surface area contributed by atoms with Crippen LogP contribution in [0.3, 0.4) is 0 Å². The van der Waals surface area contributed by atoms with Gasteiger partial charge in [-0.25, -0.2) is 13.6 Å². The lowest BCUT2D eigenvalue weighted by Gasteiger charge is -2.11. The standard InChI is InChI=1S/C9H9ClF2N2O2/c1-16-9(15)4-3-14-5(2-10)6(7(4)13)8(11)12/h3,8H,2H2,1H3,(H2,13,14). The topological polar surface area (TPSA) is 65.2 Å². The summed E-state index contributed by atoms with van der Waals surface area (Å²) in [5, 5.41) is 0. The second kappa shape index (κ2) is 5.07. The van der Waals surface area contributed by atoms with Crippen LogP contribution in [0.2, 0.25) is 0 Å². The molecule has 0 fully saturated rings. The number of esters is 1. The highest BCUT2D eigenvalue weighted by molar-refractivity contribution is 6.17. The number of anilines is 1. The van der Waals surface area contributed by atoms with E-state index >= 15 is 0 Å². The molecule has 4 nitrogen and oxygen atoms in total. The molecule has 1 rings (SSSR count). The van der Waals surface area contributed by atoms with Gasteiger partial charge in [0.25, 0.3) is 6.43 Å². The smallest absolute Gasteiger partial charge is 0.341 e. The van der Waals surface area contributed by atoms with E-state index in [4.69, 9.17) is 17.3 Å². The molecule has 0 aliphatic carbocycles. The molecule has 16 heavy (non-hydrogen) atoms. The van der Waals surface area contributed by atoms with E-state index in [0.717, 1.165) is 13.3 Å². The third kappa shape index (κ3) is 2.21. The Hall–Kier alpha value is -1.43. The molecule has 7 heteroatoms. The first kappa shape index (κ1) is 12.6. The molecular formula is C9H9ClF2N2O2. The van der Waals surface area contributed by atoms with E-state index in [1.165, 1.54) is 0 Å². The van der Waals surface area contributed by atoms with Crippen molar-refractivity contribution >= 4 is 23.3 Å². The molecule has 88 valence electrons.